The summed E-state index contributed by atoms with van der Waals surface area (Å²) in [6.45, 7) is 2.21. The van der Waals surface area contributed by atoms with E-state index in [4.69, 9.17) is 5.73 Å². The van der Waals surface area contributed by atoms with Gasteiger partial charge in [0.05, 0.1) is 11.3 Å². The maximum absolute atomic E-state index is 12.0. The summed E-state index contributed by atoms with van der Waals surface area (Å²) >= 11 is 0. The first-order valence-corrected chi connectivity index (χ1v) is 9.01. The predicted octanol–water partition coefficient (Wildman–Crippen LogP) is 3.61. The molecule has 0 fully saturated rings. The van der Waals surface area contributed by atoms with Gasteiger partial charge in [-0.1, -0.05) is 57.6 Å². The van der Waals surface area contributed by atoms with Crippen molar-refractivity contribution in [3.63, 3.8) is 0 Å². The molecule has 0 aromatic heterocycles. The number of hydrogen-bond acceptors (Lipinski definition) is 2. The van der Waals surface area contributed by atoms with Crippen molar-refractivity contribution >= 4 is 22.6 Å². The molecule has 0 aliphatic rings. The largest absolute Gasteiger partial charge is 0.366 e. The van der Waals surface area contributed by atoms with E-state index in [0.29, 0.717) is 17.0 Å². The monoisotopic (exact) mass is 310 g/mol. The average Bonchev–Trinajstić information content (AvgIpc) is 2.46. The Morgan fingerprint density at radius 2 is 1.71 bits per heavy atom. The van der Waals surface area contributed by atoms with Crippen LogP contribution in [0.1, 0.15) is 62.2 Å². The van der Waals surface area contributed by atoms with Crippen molar-refractivity contribution in [2.75, 3.05) is 10.5 Å². The van der Waals surface area contributed by atoms with Crippen LogP contribution in [0, 0.1) is 0 Å². The lowest BCUT2D eigenvalue weighted by Crippen LogP contribution is -2.16. The fourth-order valence-electron chi connectivity index (χ4n) is 2.15. The SMILES string of the molecule is CCCCCCCCCS(=O)Nc1ccccc1C(N)=O. The Balaban J connectivity index is 2.27. The van der Waals surface area contributed by atoms with Gasteiger partial charge in [-0.2, -0.15) is 0 Å². The number of anilines is 1. The Morgan fingerprint density at radius 3 is 2.38 bits per heavy atom. The van der Waals surface area contributed by atoms with E-state index in [1.54, 1.807) is 24.3 Å². The van der Waals surface area contributed by atoms with Crippen LogP contribution in [0.15, 0.2) is 24.3 Å². The third-order valence-electron chi connectivity index (χ3n) is 3.35. The molecule has 1 rings (SSSR count). The topological polar surface area (TPSA) is 72.2 Å². The zero-order chi connectivity index (χ0) is 15.5. The fourth-order valence-corrected chi connectivity index (χ4v) is 3.14. The summed E-state index contributed by atoms with van der Waals surface area (Å²) in [5.74, 6) is 0.0898. The molecule has 0 aliphatic carbocycles. The lowest BCUT2D eigenvalue weighted by molar-refractivity contribution is 0.100. The molecule has 0 radical (unpaired) electrons. The molecule has 1 amide bonds. The highest BCUT2D eigenvalue weighted by molar-refractivity contribution is 7.86. The van der Waals surface area contributed by atoms with E-state index in [1.165, 1.54) is 32.1 Å². The summed E-state index contributed by atoms with van der Waals surface area (Å²) in [5, 5.41) is 0. The molecule has 0 spiro atoms. The van der Waals surface area contributed by atoms with Gasteiger partial charge in [0, 0.05) is 5.75 Å². The molecule has 21 heavy (non-hydrogen) atoms. The molecule has 0 saturated heterocycles. The van der Waals surface area contributed by atoms with Crippen LogP contribution in [0.3, 0.4) is 0 Å². The van der Waals surface area contributed by atoms with Crippen molar-refractivity contribution in [1.29, 1.82) is 0 Å². The van der Waals surface area contributed by atoms with Gasteiger partial charge in [0.25, 0.3) is 5.91 Å². The zero-order valence-electron chi connectivity index (χ0n) is 12.8. The van der Waals surface area contributed by atoms with Crippen LogP contribution in [0.25, 0.3) is 0 Å². The van der Waals surface area contributed by atoms with Gasteiger partial charge in [-0.3, -0.25) is 4.79 Å². The number of carbonyl (C=O) groups is 1. The first-order chi connectivity index (χ1) is 10.1. The van der Waals surface area contributed by atoms with Crippen molar-refractivity contribution in [3.8, 4) is 0 Å². The highest BCUT2D eigenvalue weighted by Crippen LogP contribution is 2.15. The number of primary amides is 1. The molecule has 1 aromatic carbocycles. The second-order valence-corrected chi connectivity index (χ2v) is 6.49. The fraction of sp³-hybridized carbons (Fsp3) is 0.562. The van der Waals surface area contributed by atoms with Crippen LogP contribution in [0.5, 0.6) is 0 Å². The highest BCUT2D eigenvalue weighted by Gasteiger charge is 2.09. The molecule has 118 valence electrons. The van der Waals surface area contributed by atoms with Gasteiger partial charge in [0.1, 0.15) is 11.0 Å². The summed E-state index contributed by atoms with van der Waals surface area (Å²) in [7, 11) is -1.16. The van der Waals surface area contributed by atoms with Gasteiger partial charge >= 0.3 is 0 Å². The number of benzene rings is 1. The molecule has 3 N–H and O–H groups in total. The van der Waals surface area contributed by atoms with Gasteiger partial charge < -0.3 is 10.5 Å². The number of carbonyl (C=O) groups excluding carboxylic acids is 1. The van der Waals surface area contributed by atoms with Crippen LogP contribution in [0.4, 0.5) is 5.69 Å². The third-order valence-corrected chi connectivity index (χ3v) is 4.46. The molecule has 1 unspecified atom stereocenters. The van der Waals surface area contributed by atoms with Crippen molar-refractivity contribution in [1.82, 2.24) is 0 Å². The van der Waals surface area contributed by atoms with E-state index in [0.717, 1.165) is 12.8 Å². The van der Waals surface area contributed by atoms with E-state index in [1.807, 2.05) is 0 Å². The van der Waals surface area contributed by atoms with Crippen LogP contribution in [0.2, 0.25) is 0 Å². The molecule has 1 atom stereocenters. The minimum absolute atomic E-state index is 0.380. The van der Waals surface area contributed by atoms with E-state index in [2.05, 4.69) is 11.6 Å². The molecular formula is C16H26N2O2S. The number of unbranched alkanes of at least 4 members (excludes halogenated alkanes) is 6. The number of nitrogens with two attached hydrogens (primary N) is 1. The smallest absolute Gasteiger partial charge is 0.250 e. The average molecular weight is 310 g/mol. The maximum atomic E-state index is 12.0. The molecule has 0 bridgehead atoms. The second kappa shape index (κ2) is 10.4. The Hall–Kier alpha value is -1.36. The van der Waals surface area contributed by atoms with Crippen molar-refractivity contribution in [2.45, 2.75) is 51.9 Å². The van der Waals surface area contributed by atoms with Crippen molar-refractivity contribution < 1.29 is 9.00 Å². The van der Waals surface area contributed by atoms with Crippen molar-refractivity contribution in [3.05, 3.63) is 29.8 Å². The van der Waals surface area contributed by atoms with E-state index in [-0.39, 0.29) is 0 Å². The van der Waals surface area contributed by atoms with Gasteiger partial charge in [0.2, 0.25) is 0 Å². The Bertz CT molecular complexity index is 463. The van der Waals surface area contributed by atoms with E-state index < -0.39 is 16.9 Å². The molecule has 0 aliphatic heterocycles. The normalized spacial score (nSPS) is 12.0. The third kappa shape index (κ3) is 7.27. The van der Waals surface area contributed by atoms with Gasteiger partial charge in [-0.05, 0) is 18.6 Å². The molecule has 5 heteroatoms. The lowest BCUT2D eigenvalue weighted by Gasteiger charge is -2.09. The number of rotatable bonds is 11. The minimum Gasteiger partial charge on any atom is -0.366 e. The quantitative estimate of drug-likeness (QED) is 0.613. The predicted molar refractivity (Wildman–Crippen MR) is 89.6 cm³/mol. The number of para-hydroxylation sites is 1. The molecule has 0 heterocycles. The summed E-state index contributed by atoms with van der Waals surface area (Å²) in [4.78, 5) is 11.3. The lowest BCUT2D eigenvalue weighted by atomic mass is 10.1. The van der Waals surface area contributed by atoms with Crippen molar-refractivity contribution in [2.24, 2.45) is 5.73 Å². The standard InChI is InChI=1S/C16H26N2O2S/c1-2-3-4-5-6-7-10-13-21(20)18-15-12-9-8-11-14(15)16(17)19/h8-9,11-12,18H,2-7,10,13H2,1H3,(H2,17,19). The number of amides is 1. The number of hydrogen-bond donors (Lipinski definition) is 2. The Labute approximate surface area is 130 Å². The van der Waals surface area contributed by atoms with Gasteiger partial charge in [0.15, 0.2) is 0 Å². The number of nitrogens with one attached hydrogen (secondary N) is 1. The van der Waals surface area contributed by atoms with Crippen LogP contribution >= 0.6 is 0 Å². The summed E-state index contributed by atoms with van der Waals surface area (Å²) in [5.41, 5.74) is 6.22. The molecule has 4 nitrogen and oxygen atoms in total. The van der Waals surface area contributed by atoms with Gasteiger partial charge in [-0.15, -0.1) is 0 Å². The maximum Gasteiger partial charge on any atom is 0.250 e. The summed E-state index contributed by atoms with van der Waals surface area (Å²) in [6.07, 6.45) is 8.36. The minimum atomic E-state index is -1.16. The second-order valence-electron chi connectivity index (χ2n) is 5.18. The summed E-state index contributed by atoms with van der Waals surface area (Å²) < 4.78 is 14.8. The van der Waals surface area contributed by atoms with Crippen LogP contribution in [-0.2, 0) is 11.0 Å². The zero-order valence-corrected chi connectivity index (χ0v) is 13.6. The molecule has 0 saturated carbocycles. The van der Waals surface area contributed by atoms with E-state index in [9.17, 15) is 9.00 Å². The first-order valence-electron chi connectivity index (χ1n) is 7.69. The first kappa shape index (κ1) is 17.7. The Morgan fingerprint density at radius 1 is 1.10 bits per heavy atom. The van der Waals surface area contributed by atoms with Gasteiger partial charge in [-0.25, -0.2) is 4.21 Å². The summed E-state index contributed by atoms with van der Waals surface area (Å²) in [6, 6.07) is 6.89. The molecular weight excluding hydrogens is 284 g/mol. The molecule has 1 aromatic rings. The van der Waals surface area contributed by atoms with Crippen LogP contribution in [-0.4, -0.2) is 15.9 Å². The van der Waals surface area contributed by atoms with E-state index >= 15 is 0 Å². The van der Waals surface area contributed by atoms with Crippen LogP contribution < -0.4 is 10.5 Å². The Kier molecular flexibility index (Phi) is 8.74. The highest BCUT2D eigenvalue weighted by atomic mass is 32.2.